The van der Waals surface area contributed by atoms with Crippen LogP contribution in [0.1, 0.15) is 0 Å². The summed E-state index contributed by atoms with van der Waals surface area (Å²) in [6.07, 6.45) is 0. The van der Waals surface area contributed by atoms with E-state index in [0.29, 0.717) is 18.2 Å². The largest absolute Gasteiger partial charge is 0.277 e. The second-order valence-electron chi connectivity index (χ2n) is 3.86. The van der Waals surface area contributed by atoms with Gasteiger partial charge in [0.1, 0.15) is 5.82 Å². The summed E-state index contributed by atoms with van der Waals surface area (Å²) in [4.78, 5) is 9.61. The molecule has 0 heterocycles. The van der Waals surface area contributed by atoms with E-state index in [1.54, 1.807) is 0 Å². The van der Waals surface area contributed by atoms with Gasteiger partial charge in [-0.1, -0.05) is 0 Å². The SMILES string of the molecule is O=[N+]([O-])c1ccc(F)cc1-c1c(F)c(F)c(F)c(F)c1F. The first-order chi connectivity index (χ1) is 9.75. The fourth-order valence-electron chi connectivity index (χ4n) is 1.71. The lowest BCUT2D eigenvalue weighted by Crippen LogP contribution is -2.05. The van der Waals surface area contributed by atoms with Crippen molar-refractivity contribution in [1.29, 1.82) is 0 Å². The third-order valence-corrected chi connectivity index (χ3v) is 2.63. The molecular formula is C12H3F6NO2. The molecule has 3 nitrogen and oxygen atoms in total. The number of hydrogen-bond donors (Lipinski definition) is 0. The third kappa shape index (κ3) is 2.30. The number of nitro benzene ring substituents is 1. The van der Waals surface area contributed by atoms with Crippen LogP contribution in [0.4, 0.5) is 32.0 Å². The van der Waals surface area contributed by atoms with Crippen molar-refractivity contribution >= 4 is 5.69 Å². The van der Waals surface area contributed by atoms with Gasteiger partial charge in [0.25, 0.3) is 5.69 Å². The number of halogens is 6. The number of hydrogen-bond acceptors (Lipinski definition) is 2. The van der Waals surface area contributed by atoms with Crippen molar-refractivity contribution in [2.45, 2.75) is 0 Å². The zero-order valence-electron chi connectivity index (χ0n) is 9.76. The second kappa shape index (κ2) is 5.08. The summed E-state index contributed by atoms with van der Waals surface area (Å²) < 4.78 is 79.4. The minimum atomic E-state index is -2.41. The Bertz CT molecular complexity index is 733. The molecular weight excluding hydrogens is 304 g/mol. The maximum atomic E-state index is 13.6. The highest BCUT2D eigenvalue weighted by Crippen LogP contribution is 2.37. The van der Waals surface area contributed by atoms with E-state index >= 15 is 0 Å². The minimum absolute atomic E-state index is 0.316. The second-order valence-corrected chi connectivity index (χ2v) is 3.86. The molecule has 9 heteroatoms. The van der Waals surface area contributed by atoms with E-state index in [1.807, 2.05) is 0 Å². The summed E-state index contributed by atoms with van der Waals surface area (Å²) in [5.74, 6) is -12.7. The van der Waals surface area contributed by atoms with Crippen LogP contribution in [-0.4, -0.2) is 4.92 Å². The molecule has 110 valence electrons. The van der Waals surface area contributed by atoms with Crippen LogP contribution in [0.3, 0.4) is 0 Å². The molecule has 0 atom stereocenters. The molecule has 0 saturated heterocycles. The summed E-state index contributed by atoms with van der Waals surface area (Å²) in [5, 5.41) is 10.7. The molecule has 0 bridgehead atoms. The average molecular weight is 307 g/mol. The van der Waals surface area contributed by atoms with Crippen molar-refractivity contribution in [2.24, 2.45) is 0 Å². The van der Waals surface area contributed by atoms with Crippen LogP contribution in [0, 0.1) is 45.0 Å². The predicted octanol–water partition coefficient (Wildman–Crippen LogP) is 4.10. The van der Waals surface area contributed by atoms with Crippen LogP contribution in [0.15, 0.2) is 18.2 Å². The zero-order valence-corrected chi connectivity index (χ0v) is 9.76. The van der Waals surface area contributed by atoms with Gasteiger partial charge >= 0.3 is 0 Å². The van der Waals surface area contributed by atoms with Gasteiger partial charge in [-0.25, -0.2) is 26.3 Å². The van der Waals surface area contributed by atoms with E-state index in [-0.39, 0.29) is 0 Å². The molecule has 21 heavy (non-hydrogen) atoms. The van der Waals surface area contributed by atoms with Gasteiger partial charge < -0.3 is 0 Å². The van der Waals surface area contributed by atoms with Gasteiger partial charge in [-0.05, 0) is 12.1 Å². The molecule has 0 N–H and O–H groups in total. The quantitative estimate of drug-likeness (QED) is 0.276. The van der Waals surface area contributed by atoms with Gasteiger partial charge in [0, 0.05) is 6.07 Å². The molecule has 0 radical (unpaired) electrons. The van der Waals surface area contributed by atoms with Crippen LogP contribution < -0.4 is 0 Å². The molecule has 0 fully saturated rings. The molecule has 2 rings (SSSR count). The molecule has 0 unspecified atom stereocenters. The Hall–Kier alpha value is -2.58. The van der Waals surface area contributed by atoms with Gasteiger partial charge in [-0.15, -0.1) is 0 Å². The minimum Gasteiger partial charge on any atom is -0.258 e. The summed E-state index contributed by atoms with van der Waals surface area (Å²) in [7, 11) is 0. The lowest BCUT2D eigenvalue weighted by Gasteiger charge is -2.09. The molecule has 0 aromatic heterocycles. The number of nitro groups is 1. The van der Waals surface area contributed by atoms with Gasteiger partial charge in [0.15, 0.2) is 23.3 Å². The maximum absolute atomic E-state index is 13.6. The number of benzene rings is 2. The fraction of sp³-hybridized carbons (Fsp3) is 0. The summed E-state index contributed by atoms with van der Waals surface area (Å²) >= 11 is 0. The van der Waals surface area contributed by atoms with Crippen LogP contribution in [0.25, 0.3) is 11.1 Å². The molecule has 0 aliphatic carbocycles. The molecule has 0 aliphatic heterocycles. The third-order valence-electron chi connectivity index (χ3n) is 2.63. The summed E-state index contributed by atoms with van der Waals surface area (Å²) in [5.41, 5.74) is -3.61. The van der Waals surface area contributed by atoms with Crippen molar-refractivity contribution in [3.05, 3.63) is 63.2 Å². The van der Waals surface area contributed by atoms with Gasteiger partial charge in [-0.3, -0.25) is 10.1 Å². The van der Waals surface area contributed by atoms with Crippen molar-refractivity contribution in [1.82, 2.24) is 0 Å². The normalized spacial score (nSPS) is 10.8. The Morgan fingerprint density at radius 3 is 1.76 bits per heavy atom. The van der Waals surface area contributed by atoms with Gasteiger partial charge in [0.2, 0.25) is 5.82 Å². The van der Waals surface area contributed by atoms with E-state index in [4.69, 9.17) is 0 Å². The first-order valence-electron chi connectivity index (χ1n) is 5.21. The van der Waals surface area contributed by atoms with Crippen molar-refractivity contribution < 1.29 is 31.3 Å². The first kappa shape index (κ1) is 14.8. The molecule has 0 aliphatic rings. The predicted molar refractivity (Wildman–Crippen MR) is 58.3 cm³/mol. The lowest BCUT2D eigenvalue weighted by atomic mass is 10.0. The monoisotopic (exact) mass is 307 g/mol. The van der Waals surface area contributed by atoms with Gasteiger partial charge in [0.05, 0.1) is 16.1 Å². The molecule has 2 aromatic carbocycles. The fourth-order valence-corrected chi connectivity index (χ4v) is 1.71. The Morgan fingerprint density at radius 1 is 0.810 bits per heavy atom. The van der Waals surface area contributed by atoms with Crippen molar-refractivity contribution in [2.75, 3.05) is 0 Å². The summed E-state index contributed by atoms with van der Waals surface area (Å²) in [6, 6.07) is 1.49. The Labute approximate surface area is 112 Å². The van der Waals surface area contributed by atoms with Crippen LogP contribution in [-0.2, 0) is 0 Å². The molecule has 0 spiro atoms. The Balaban J connectivity index is 2.92. The van der Waals surface area contributed by atoms with E-state index in [9.17, 15) is 36.5 Å². The highest BCUT2D eigenvalue weighted by molar-refractivity contribution is 5.74. The highest BCUT2D eigenvalue weighted by Gasteiger charge is 2.30. The van der Waals surface area contributed by atoms with E-state index in [0.717, 1.165) is 0 Å². The zero-order chi connectivity index (χ0) is 15.9. The number of rotatable bonds is 2. The average Bonchev–Trinajstić information content (AvgIpc) is 2.43. The topological polar surface area (TPSA) is 43.1 Å². The molecule has 0 saturated carbocycles. The van der Waals surface area contributed by atoms with E-state index in [2.05, 4.69) is 0 Å². The van der Waals surface area contributed by atoms with Crippen molar-refractivity contribution in [3.8, 4) is 11.1 Å². The standard InChI is InChI=1S/C12H3F6NO2/c13-4-1-2-6(19(20)21)5(3-4)7-8(14)10(16)12(18)11(17)9(7)15/h1-3H. The highest BCUT2D eigenvalue weighted by atomic mass is 19.2. The van der Waals surface area contributed by atoms with Gasteiger partial charge in [-0.2, -0.15) is 0 Å². The number of nitrogens with zero attached hydrogens (tertiary/aromatic N) is 1. The van der Waals surface area contributed by atoms with Crippen LogP contribution >= 0.6 is 0 Å². The maximum Gasteiger partial charge on any atom is 0.277 e. The summed E-state index contributed by atoms with van der Waals surface area (Å²) in [6.45, 7) is 0. The van der Waals surface area contributed by atoms with Crippen LogP contribution in [0.5, 0.6) is 0 Å². The van der Waals surface area contributed by atoms with E-state index < -0.39 is 56.6 Å². The van der Waals surface area contributed by atoms with Crippen LogP contribution in [0.2, 0.25) is 0 Å². The Kier molecular flexibility index (Phi) is 3.58. The van der Waals surface area contributed by atoms with Crippen molar-refractivity contribution in [3.63, 3.8) is 0 Å². The van der Waals surface area contributed by atoms with E-state index in [1.165, 1.54) is 0 Å². The lowest BCUT2D eigenvalue weighted by molar-refractivity contribution is -0.384. The molecule has 2 aromatic rings. The smallest absolute Gasteiger partial charge is 0.258 e. The molecule has 0 amide bonds. The Morgan fingerprint density at radius 2 is 1.29 bits per heavy atom. The first-order valence-corrected chi connectivity index (χ1v) is 5.21.